The van der Waals surface area contributed by atoms with Gasteiger partial charge in [0.1, 0.15) is 0 Å². The van der Waals surface area contributed by atoms with Gasteiger partial charge in [-0.3, -0.25) is 4.79 Å². The molecule has 0 saturated heterocycles. The van der Waals surface area contributed by atoms with Gasteiger partial charge in [-0.25, -0.2) is 0 Å². The van der Waals surface area contributed by atoms with Crippen LogP contribution in [0.25, 0.3) is 0 Å². The lowest BCUT2D eigenvalue weighted by Gasteiger charge is -2.22. The van der Waals surface area contributed by atoms with Crippen molar-refractivity contribution in [2.75, 3.05) is 6.26 Å². The molecule has 110 valence electrons. The van der Waals surface area contributed by atoms with Gasteiger partial charge in [0.25, 0.3) is 0 Å². The van der Waals surface area contributed by atoms with E-state index in [1.807, 2.05) is 18.7 Å². The van der Waals surface area contributed by atoms with E-state index in [1.54, 1.807) is 13.0 Å². The minimum atomic E-state index is 0.120. The maximum Gasteiger partial charge on any atom is 0.152 e. The molecule has 0 fully saturated rings. The molecule has 0 saturated carbocycles. The highest BCUT2D eigenvalue weighted by atomic mass is 32.2. The number of ketones is 1. The van der Waals surface area contributed by atoms with Gasteiger partial charge in [0.2, 0.25) is 0 Å². The van der Waals surface area contributed by atoms with Crippen LogP contribution in [0.4, 0.5) is 0 Å². The van der Waals surface area contributed by atoms with Crippen molar-refractivity contribution in [1.82, 2.24) is 0 Å². The summed E-state index contributed by atoms with van der Waals surface area (Å²) in [5, 5.41) is 0. The molecule has 0 aromatic carbocycles. The Hall–Kier alpha value is -0.500. The van der Waals surface area contributed by atoms with E-state index >= 15 is 0 Å². The predicted octanol–water partition coefficient (Wildman–Crippen LogP) is 5.42. The Morgan fingerprint density at radius 1 is 1.32 bits per heavy atom. The molecule has 0 amide bonds. The number of carbonyl (C=O) groups is 1. The van der Waals surface area contributed by atoms with Crippen LogP contribution in [0.3, 0.4) is 0 Å². The molecule has 2 heteroatoms. The smallest absolute Gasteiger partial charge is 0.152 e. The van der Waals surface area contributed by atoms with Crippen LogP contribution in [-0.4, -0.2) is 16.8 Å². The van der Waals surface area contributed by atoms with Crippen molar-refractivity contribution in [2.24, 2.45) is 5.92 Å². The minimum absolute atomic E-state index is 0.120. The van der Waals surface area contributed by atoms with E-state index in [4.69, 9.17) is 0 Å². The Morgan fingerprint density at radius 3 is 2.47 bits per heavy atom. The number of thioether (sulfide) groups is 1. The fraction of sp³-hybridized carbons (Fsp3) is 0.706. The van der Waals surface area contributed by atoms with E-state index in [2.05, 4.69) is 39.2 Å². The molecule has 0 bridgehead atoms. The molecular weight excluding hydrogens is 252 g/mol. The first-order chi connectivity index (χ1) is 8.76. The van der Waals surface area contributed by atoms with Crippen molar-refractivity contribution < 1.29 is 4.79 Å². The van der Waals surface area contributed by atoms with Gasteiger partial charge in [-0.1, -0.05) is 45.8 Å². The van der Waals surface area contributed by atoms with E-state index in [0.29, 0.717) is 4.75 Å². The molecule has 0 spiro atoms. The lowest BCUT2D eigenvalue weighted by atomic mass is 9.96. The molecule has 0 radical (unpaired) electrons. The van der Waals surface area contributed by atoms with Crippen LogP contribution >= 0.6 is 11.8 Å². The molecule has 0 rings (SSSR count). The Bertz CT molecular complexity index is 326. The van der Waals surface area contributed by atoms with Crippen molar-refractivity contribution in [1.29, 1.82) is 0 Å². The minimum Gasteiger partial charge on any atom is -0.295 e. The molecule has 0 aromatic rings. The lowest BCUT2D eigenvalue weighted by Crippen LogP contribution is -2.13. The summed E-state index contributed by atoms with van der Waals surface area (Å²) in [6.07, 6.45) is 13.1. The fourth-order valence-corrected chi connectivity index (χ4v) is 2.30. The monoisotopic (exact) mass is 282 g/mol. The van der Waals surface area contributed by atoms with Crippen LogP contribution in [0.15, 0.2) is 23.8 Å². The first-order valence-electron chi connectivity index (χ1n) is 7.17. The fourth-order valence-electron chi connectivity index (χ4n) is 1.95. The van der Waals surface area contributed by atoms with Crippen molar-refractivity contribution in [3.05, 3.63) is 23.8 Å². The second-order valence-corrected chi connectivity index (χ2v) is 7.61. The Morgan fingerprint density at radius 2 is 1.95 bits per heavy atom. The lowest BCUT2D eigenvalue weighted by molar-refractivity contribution is -0.112. The highest BCUT2D eigenvalue weighted by Gasteiger charge is 2.15. The third kappa shape index (κ3) is 11.1. The van der Waals surface area contributed by atoms with E-state index < -0.39 is 0 Å². The summed E-state index contributed by atoms with van der Waals surface area (Å²) in [4.78, 5) is 10.9. The summed E-state index contributed by atoms with van der Waals surface area (Å²) in [5.41, 5.74) is 1.04. The predicted molar refractivity (Wildman–Crippen MR) is 88.8 cm³/mol. The van der Waals surface area contributed by atoms with Gasteiger partial charge in [0, 0.05) is 4.75 Å². The van der Waals surface area contributed by atoms with E-state index in [1.165, 1.54) is 19.3 Å². The quantitative estimate of drug-likeness (QED) is 0.415. The van der Waals surface area contributed by atoms with Gasteiger partial charge in [0.05, 0.1) is 0 Å². The average molecular weight is 282 g/mol. The normalized spacial score (nSPS) is 14.9. The summed E-state index contributed by atoms with van der Waals surface area (Å²) in [6, 6.07) is 0. The molecule has 0 aliphatic carbocycles. The Kier molecular flexibility index (Phi) is 9.16. The summed E-state index contributed by atoms with van der Waals surface area (Å²) >= 11 is 1.95. The highest BCUT2D eigenvalue weighted by Crippen LogP contribution is 2.28. The summed E-state index contributed by atoms with van der Waals surface area (Å²) in [5.74, 6) is 0.841. The van der Waals surface area contributed by atoms with Crippen LogP contribution in [0.2, 0.25) is 0 Å². The van der Waals surface area contributed by atoms with Crippen LogP contribution in [0.1, 0.15) is 60.3 Å². The van der Waals surface area contributed by atoms with Crippen LogP contribution in [0.5, 0.6) is 0 Å². The van der Waals surface area contributed by atoms with Crippen molar-refractivity contribution in [3.63, 3.8) is 0 Å². The zero-order chi connectivity index (χ0) is 14.9. The third-order valence-corrected chi connectivity index (χ3v) is 4.69. The zero-order valence-corrected chi connectivity index (χ0v) is 14.3. The van der Waals surface area contributed by atoms with E-state index in [9.17, 15) is 4.79 Å². The number of hydrogen-bond acceptors (Lipinski definition) is 2. The van der Waals surface area contributed by atoms with E-state index in [-0.39, 0.29) is 5.78 Å². The SMILES string of the molecule is CSC(C)(C)CCCC(C)C/C=C/C(C)=C/C(C)=O. The molecule has 0 aromatic heterocycles. The van der Waals surface area contributed by atoms with E-state index in [0.717, 1.165) is 17.9 Å². The topological polar surface area (TPSA) is 17.1 Å². The van der Waals surface area contributed by atoms with Crippen LogP contribution in [-0.2, 0) is 4.79 Å². The second kappa shape index (κ2) is 9.41. The zero-order valence-electron chi connectivity index (χ0n) is 13.5. The van der Waals surface area contributed by atoms with Gasteiger partial charge in [-0.05, 0) is 50.5 Å². The summed E-state index contributed by atoms with van der Waals surface area (Å²) < 4.78 is 0.413. The average Bonchev–Trinajstić information content (AvgIpc) is 2.27. The molecule has 1 atom stereocenters. The molecule has 1 unspecified atom stereocenters. The van der Waals surface area contributed by atoms with Crippen LogP contribution < -0.4 is 0 Å². The summed E-state index contributed by atoms with van der Waals surface area (Å²) in [7, 11) is 0. The maximum atomic E-state index is 10.9. The van der Waals surface area contributed by atoms with Gasteiger partial charge in [0.15, 0.2) is 5.78 Å². The molecule has 0 aliphatic rings. The van der Waals surface area contributed by atoms with Crippen molar-refractivity contribution >= 4 is 17.5 Å². The number of allylic oxidation sites excluding steroid dienone is 4. The molecule has 0 heterocycles. The summed E-state index contributed by atoms with van der Waals surface area (Å²) in [6.45, 7) is 10.5. The number of hydrogen-bond donors (Lipinski definition) is 0. The number of carbonyl (C=O) groups excluding carboxylic acids is 1. The van der Waals surface area contributed by atoms with Gasteiger partial charge in [-0.2, -0.15) is 11.8 Å². The largest absolute Gasteiger partial charge is 0.295 e. The van der Waals surface area contributed by atoms with Crippen molar-refractivity contribution in [3.8, 4) is 0 Å². The molecule has 0 aliphatic heterocycles. The first-order valence-corrected chi connectivity index (χ1v) is 8.40. The number of rotatable bonds is 9. The first kappa shape index (κ1) is 18.5. The van der Waals surface area contributed by atoms with Crippen molar-refractivity contribution in [2.45, 2.75) is 65.0 Å². The molecule has 19 heavy (non-hydrogen) atoms. The van der Waals surface area contributed by atoms with Gasteiger partial charge < -0.3 is 0 Å². The second-order valence-electron chi connectivity index (χ2n) is 6.10. The van der Waals surface area contributed by atoms with Gasteiger partial charge >= 0.3 is 0 Å². The Labute approximate surface area is 123 Å². The Balaban J connectivity index is 3.91. The molecule has 1 nitrogen and oxygen atoms in total. The van der Waals surface area contributed by atoms with Crippen LogP contribution in [0, 0.1) is 5.92 Å². The highest BCUT2D eigenvalue weighted by molar-refractivity contribution is 7.99. The third-order valence-electron chi connectivity index (χ3n) is 3.38. The standard InChI is InChI=1S/C17H30OS/c1-14(11-8-12-17(4,5)19-6)9-7-10-15(2)13-16(3)18/h7,10,13-14H,8-9,11-12H2,1-6H3/b10-7+,15-13+. The molecular formula is C17H30OS. The van der Waals surface area contributed by atoms with Gasteiger partial charge in [-0.15, -0.1) is 0 Å². The maximum absolute atomic E-state index is 10.9. The molecule has 0 N–H and O–H groups in total.